The van der Waals surface area contributed by atoms with Crippen LogP contribution in [0.15, 0.2) is 36.4 Å². The van der Waals surface area contributed by atoms with Crippen LogP contribution in [0.25, 0.3) is 0 Å². The van der Waals surface area contributed by atoms with E-state index in [1.807, 2.05) is 18.2 Å². The lowest BCUT2D eigenvalue weighted by Crippen LogP contribution is -2.31. The van der Waals surface area contributed by atoms with Crippen molar-refractivity contribution in [3.8, 4) is 23.0 Å². The number of hydrogen-bond acceptors (Lipinski definition) is 6. The van der Waals surface area contributed by atoms with Crippen LogP contribution in [0.4, 0.5) is 11.4 Å². The lowest BCUT2D eigenvalue weighted by atomic mass is 10.2. The molecule has 7 nitrogen and oxygen atoms in total. The highest BCUT2D eigenvalue weighted by molar-refractivity contribution is 5.96. The molecule has 7 heteroatoms. The molecular weight excluding hydrogens is 336 g/mol. The summed E-state index contributed by atoms with van der Waals surface area (Å²) < 4.78 is 21.9. The molecule has 0 radical (unpaired) electrons. The largest absolute Gasteiger partial charge is 0.490 e. The number of benzene rings is 2. The number of fused-ring (bicyclic) bond motifs is 2. The Hall–Kier alpha value is -3.09. The molecule has 2 N–H and O–H groups in total. The predicted octanol–water partition coefficient (Wildman–Crippen LogP) is 3.02. The van der Waals surface area contributed by atoms with Crippen LogP contribution in [-0.4, -0.2) is 32.0 Å². The van der Waals surface area contributed by atoms with Gasteiger partial charge in [0.15, 0.2) is 23.0 Å². The summed E-state index contributed by atoms with van der Waals surface area (Å²) in [6.07, 6.45) is 0.853. The third-order valence-corrected chi connectivity index (χ3v) is 4.16. The van der Waals surface area contributed by atoms with E-state index < -0.39 is 6.04 Å². The monoisotopic (exact) mass is 356 g/mol. The van der Waals surface area contributed by atoms with Crippen LogP contribution in [0, 0.1) is 0 Å². The first-order valence-electron chi connectivity index (χ1n) is 8.56. The summed E-state index contributed by atoms with van der Waals surface area (Å²) >= 11 is 0. The second-order valence-corrected chi connectivity index (χ2v) is 6.14. The Balaban J connectivity index is 1.40. The van der Waals surface area contributed by atoms with Gasteiger partial charge in [-0.25, -0.2) is 0 Å². The Kier molecular flexibility index (Phi) is 4.43. The van der Waals surface area contributed by atoms with E-state index in [2.05, 4.69) is 10.6 Å². The Bertz CT molecular complexity index is 824. The number of anilines is 2. The summed E-state index contributed by atoms with van der Waals surface area (Å²) in [5, 5.41) is 6.05. The number of carbonyl (C=O) groups excluding carboxylic acids is 1. The summed E-state index contributed by atoms with van der Waals surface area (Å²) in [5.41, 5.74) is 1.45. The van der Waals surface area contributed by atoms with E-state index in [9.17, 15) is 4.79 Å². The quantitative estimate of drug-likeness (QED) is 0.877. The van der Waals surface area contributed by atoms with Crippen molar-refractivity contribution < 1.29 is 23.7 Å². The minimum absolute atomic E-state index is 0.157. The van der Waals surface area contributed by atoms with Gasteiger partial charge in [0, 0.05) is 29.9 Å². The van der Waals surface area contributed by atoms with Crippen LogP contribution in [0.5, 0.6) is 23.0 Å². The van der Waals surface area contributed by atoms with E-state index in [-0.39, 0.29) is 12.7 Å². The molecule has 0 fully saturated rings. The van der Waals surface area contributed by atoms with Crippen LogP contribution in [0.3, 0.4) is 0 Å². The van der Waals surface area contributed by atoms with Crippen molar-refractivity contribution in [2.45, 2.75) is 19.4 Å². The highest BCUT2D eigenvalue weighted by Crippen LogP contribution is 2.34. The molecule has 0 saturated heterocycles. The molecule has 0 saturated carbocycles. The molecule has 2 aromatic carbocycles. The van der Waals surface area contributed by atoms with Crippen LogP contribution >= 0.6 is 0 Å². The fourth-order valence-electron chi connectivity index (χ4n) is 2.79. The Morgan fingerprint density at radius 3 is 2.35 bits per heavy atom. The molecule has 0 aliphatic carbocycles. The van der Waals surface area contributed by atoms with Crippen molar-refractivity contribution >= 4 is 17.3 Å². The van der Waals surface area contributed by atoms with Crippen molar-refractivity contribution in [2.24, 2.45) is 0 Å². The van der Waals surface area contributed by atoms with E-state index in [1.54, 1.807) is 25.1 Å². The molecule has 0 unspecified atom stereocenters. The van der Waals surface area contributed by atoms with Crippen molar-refractivity contribution in [1.29, 1.82) is 0 Å². The fraction of sp³-hybridized carbons (Fsp3) is 0.316. The molecule has 2 aliphatic heterocycles. The number of ether oxygens (including phenoxy) is 4. The molecule has 0 bridgehead atoms. The maximum atomic E-state index is 12.5. The van der Waals surface area contributed by atoms with E-state index in [4.69, 9.17) is 18.9 Å². The minimum atomic E-state index is -0.440. The molecule has 4 rings (SSSR count). The number of amides is 1. The van der Waals surface area contributed by atoms with Crippen molar-refractivity contribution in [3.63, 3.8) is 0 Å². The summed E-state index contributed by atoms with van der Waals surface area (Å²) in [6, 6.07) is 10.4. The standard InChI is InChI=1S/C19H20N2O5/c1-12(19(22)21-14-4-6-16-18(10-14)26-11-25-16)20-13-3-5-15-17(9-13)24-8-2-7-23-15/h3-6,9-10,12,20H,2,7-8,11H2,1H3,(H,21,22)/t12-/m0/s1. The molecule has 0 spiro atoms. The zero-order valence-electron chi connectivity index (χ0n) is 14.4. The van der Waals surface area contributed by atoms with Crippen LogP contribution in [0.2, 0.25) is 0 Å². The summed E-state index contributed by atoms with van der Waals surface area (Å²) in [4.78, 5) is 12.5. The summed E-state index contributed by atoms with van der Waals surface area (Å²) in [7, 11) is 0. The number of nitrogens with one attached hydrogen (secondary N) is 2. The molecule has 26 heavy (non-hydrogen) atoms. The summed E-state index contributed by atoms with van der Waals surface area (Å²) in [5.74, 6) is 2.57. The first-order valence-corrected chi connectivity index (χ1v) is 8.56. The van der Waals surface area contributed by atoms with Gasteiger partial charge < -0.3 is 29.6 Å². The molecule has 0 aromatic heterocycles. The van der Waals surface area contributed by atoms with Gasteiger partial charge in [-0.05, 0) is 31.2 Å². The third kappa shape index (κ3) is 3.46. The van der Waals surface area contributed by atoms with E-state index >= 15 is 0 Å². The maximum absolute atomic E-state index is 12.5. The smallest absolute Gasteiger partial charge is 0.246 e. The molecule has 2 aromatic rings. The predicted molar refractivity (Wildman–Crippen MR) is 96.3 cm³/mol. The molecule has 136 valence electrons. The van der Waals surface area contributed by atoms with Crippen LogP contribution in [0.1, 0.15) is 13.3 Å². The first kappa shape index (κ1) is 16.4. The van der Waals surface area contributed by atoms with Gasteiger partial charge in [-0.2, -0.15) is 0 Å². The van der Waals surface area contributed by atoms with E-state index in [0.29, 0.717) is 36.1 Å². The highest BCUT2D eigenvalue weighted by Gasteiger charge is 2.18. The Morgan fingerprint density at radius 2 is 1.50 bits per heavy atom. The minimum Gasteiger partial charge on any atom is -0.490 e. The van der Waals surface area contributed by atoms with Gasteiger partial charge >= 0.3 is 0 Å². The third-order valence-electron chi connectivity index (χ3n) is 4.16. The summed E-state index contributed by atoms with van der Waals surface area (Å²) in [6.45, 7) is 3.27. The normalized spacial score (nSPS) is 15.7. The first-order chi connectivity index (χ1) is 12.7. The Labute approximate surface area is 151 Å². The lowest BCUT2D eigenvalue weighted by Gasteiger charge is -2.17. The van der Waals surface area contributed by atoms with Crippen LogP contribution in [-0.2, 0) is 4.79 Å². The lowest BCUT2D eigenvalue weighted by molar-refractivity contribution is -0.116. The Morgan fingerprint density at radius 1 is 0.885 bits per heavy atom. The topological polar surface area (TPSA) is 78.1 Å². The molecular formula is C19H20N2O5. The number of carbonyl (C=O) groups is 1. The van der Waals surface area contributed by atoms with Gasteiger partial charge in [-0.1, -0.05) is 0 Å². The van der Waals surface area contributed by atoms with Crippen molar-refractivity contribution in [1.82, 2.24) is 0 Å². The van der Waals surface area contributed by atoms with E-state index in [0.717, 1.165) is 17.9 Å². The fourth-order valence-corrected chi connectivity index (χ4v) is 2.79. The van der Waals surface area contributed by atoms with Crippen molar-refractivity contribution in [3.05, 3.63) is 36.4 Å². The second-order valence-electron chi connectivity index (χ2n) is 6.14. The molecule has 1 atom stereocenters. The zero-order chi connectivity index (χ0) is 17.9. The van der Waals surface area contributed by atoms with E-state index in [1.165, 1.54) is 0 Å². The molecule has 1 amide bonds. The molecule has 2 heterocycles. The molecule has 2 aliphatic rings. The second kappa shape index (κ2) is 7.03. The maximum Gasteiger partial charge on any atom is 0.246 e. The number of rotatable bonds is 4. The van der Waals surface area contributed by atoms with Crippen molar-refractivity contribution in [2.75, 3.05) is 30.6 Å². The van der Waals surface area contributed by atoms with Gasteiger partial charge in [0.1, 0.15) is 6.04 Å². The average Bonchev–Trinajstić information content (AvgIpc) is 2.98. The SMILES string of the molecule is C[C@H](Nc1ccc2c(c1)OCCCO2)C(=O)Nc1ccc2c(c1)OCO2. The van der Waals surface area contributed by atoms with Crippen LogP contribution < -0.4 is 29.6 Å². The average molecular weight is 356 g/mol. The number of hydrogen-bond donors (Lipinski definition) is 2. The van der Waals surface area contributed by atoms with Gasteiger partial charge in [0.25, 0.3) is 0 Å². The van der Waals surface area contributed by atoms with Gasteiger partial charge in [0.05, 0.1) is 13.2 Å². The van der Waals surface area contributed by atoms with Gasteiger partial charge in [0.2, 0.25) is 12.7 Å². The zero-order valence-corrected chi connectivity index (χ0v) is 14.4. The van der Waals surface area contributed by atoms with Gasteiger partial charge in [-0.3, -0.25) is 4.79 Å². The van der Waals surface area contributed by atoms with Gasteiger partial charge in [-0.15, -0.1) is 0 Å². The highest BCUT2D eigenvalue weighted by atomic mass is 16.7.